The molecule has 0 heterocycles. The Hall–Kier alpha value is -2.89. The molecule has 394 valence electrons. The Morgan fingerprint density at radius 1 is 0.309 bits per heavy atom. The third-order valence-electron chi connectivity index (χ3n) is 12.8. The molecule has 0 aliphatic rings. The van der Waals surface area contributed by atoms with Gasteiger partial charge < -0.3 is 14.2 Å². The molecule has 0 aromatic carbocycles. The van der Waals surface area contributed by atoms with Crippen molar-refractivity contribution in [1.29, 1.82) is 0 Å². The number of unbranched alkanes of at least 4 members (excludes halogenated alkanes) is 35. The van der Waals surface area contributed by atoms with Crippen LogP contribution in [0.2, 0.25) is 0 Å². The molecule has 0 fully saturated rings. The normalized spacial score (nSPS) is 12.5. The quantitative estimate of drug-likeness (QED) is 0.0262. The minimum atomic E-state index is -0.789. The lowest BCUT2D eigenvalue weighted by molar-refractivity contribution is -0.167. The average molecular weight is 952 g/mol. The van der Waals surface area contributed by atoms with Gasteiger partial charge in [0.05, 0.1) is 0 Å². The minimum Gasteiger partial charge on any atom is -0.462 e. The van der Waals surface area contributed by atoms with Crippen molar-refractivity contribution < 1.29 is 28.6 Å². The molecule has 0 N–H and O–H groups in total. The fourth-order valence-electron chi connectivity index (χ4n) is 8.44. The summed E-state index contributed by atoms with van der Waals surface area (Å²) in [6, 6.07) is 0. The van der Waals surface area contributed by atoms with Crippen LogP contribution in [0.3, 0.4) is 0 Å². The minimum absolute atomic E-state index is 0.0848. The number of ether oxygens (including phenoxy) is 3. The van der Waals surface area contributed by atoms with Crippen molar-refractivity contribution in [3.05, 3.63) is 60.8 Å². The lowest BCUT2D eigenvalue weighted by Crippen LogP contribution is -2.30. The Morgan fingerprint density at radius 3 is 0.897 bits per heavy atom. The fraction of sp³-hybridized carbons (Fsp3) is 0.790. The van der Waals surface area contributed by atoms with Gasteiger partial charge in [-0.25, -0.2) is 0 Å². The smallest absolute Gasteiger partial charge is 0.306 e. The topological polar surface area (TPSA) is 78.9 Å². The van der Waals surface area contributed by atoms with Gasteiger partial charge in [-0.3, -0.25) is 14.4 Å². The first kappa shape index (κ1) is 65.1. The average Bonchev–Trinajstić information content (AvgIpc) is 3.34. The molecular weight excluding hydrogens is 841 g/mol. The Bertz CT molecular complexity index is 1230. The van der Waals surface area contributed by atoms with Crippen LogP contribution in [0.4, 0.5) is 0 Å². The molecule has 0 rings (SSSR count). The second kappa shape index (κ2) is 56.7. The van der Waals surface area contributed by atoms with Crippen molar-refractivity contribution in [2.45, 2.75) is 303 Å². The first-order chi connectivity index (χ1) is 33.5. The van der Waals surface area contributed by atoms with Crippen molar-refractivity contribution in [2.24, 2.45) is 0 Å². The van der Waals surface area contributed by atoms with Crippen LogP contribution in [0.1, 0.15) is 297 Å². The highest BCUT2D eigenvalue weighted by Gasteiger charge is 2.19. The molecule has 0 radical (unpaired) electrons. The largest absolute Gasteiger partial charge is 0.462 e. The Morgan fingerprint density at radius 2 is 0.574 bits per heavy atom. The van der Waals surface area contributed by atoms with Gasteiger partial charge >= 0.3 is 17.9 Å². The molecule has 0 aliphatic heterocycles. The van der Waals surface area contributed by atoms with Crippen molar-refractivity contribution in [3.63, 3.8) is 0 Å². The third-order valence-corrected chi connectivity index (χ3v) is 12.8. The molecule has 0 bridgehead atoms. The van der Waals surface area contributed by atoms with E-state index in [0.29, 0.717) is 19.3 Å². The van der Waals surface area contributed by atoms with E-state index in [1.165, 1.54) is 154 Å². The number of hydrogen-bond acceptors (Lipinski definition) is 6. The van der Waals surface area contributed by atoms with Crippen LogP contribution in [0, 0.1) is 0 Å². The first-order valence-electron chi connectivity index (χ1n) is 29.3. The van der Waals surface area contributed by atoms with Crippen LogP contribution in [-0.2, 0) is 28.6 Å². The Labute approximate surface area is 421 Å². The van der Waals surface area contributed by atoms with Crippen molar-refractivity contribution in [3.8, 4) is 0 Å². The van der Waals surface area contributed by atoms with Gasteiger partial charge in [0.25, 0.3) is 0 Å². The number of allylic oxidation sites excluding steroid dienone is 10. The SMILES string of the molecule is CC\C=C/C=C\C=C/CCCCCCCC(=O)OCC(COC(=O)CCCCCCCCCCCCCCCCCCCCC)OC(=O)CCCCCCC/C=C\C=C/CCCCCCCCC. The van der Waals surface area contributed by atoms with Crippen LogP contribution in [0.25, 0.3) is 0 Å². The predicted molar refractivity (Wildman–Crippen MR) is 293 cm³/mol. The Kier molecular flexibility index (Phi) is 54.3. The molecule has 6 heteroatoms. The second-order valence-corrected chi connectivity index (χ2v) is 19.6. The summed E-state index contributed by atoms with van der Waals surface area (Å²) < 4.78 is 16.9. The zero-order valence-electron chi connectivity index (χ0n) is 45.1. The van der Waals surface area contributed by atoms with Gasteiger partial charge in [-0.05, 0) is 64.2 Å². The first-order valence-corrected chi connectivity index (χ1v) is 29.3. The van der Waals surface area contributed by atoms with Crippen molar-refractivity contribution in [2.75, 3.05) is 13.2 Å². The van der Waals surface area contributed by atoms with Crippen LogP contribution in [0.15, 0.2) is 60.8 Å². The van der Waals surface area contributed by atoms with Gasteiger partial charge in [0.15, 0.2) is 6.10 Å². The highest BCUT2D eigenvalue weighted by Crippen LogP contribution is 2.16. The maximum absolute atomic E-state index is 12.9. The molecule has 0 amide bonds. The summed E-state index contributed by atoms with van der Waals surface area (Å²) >= 11 is 0. The monoisotopic (exact) mass is 951 g/mol. The number of carbonyl (C=O) groups is 3. The van der Waals surface area contributed by atoms with E-state index in [2.05, 4.69) is 81.5 Å². The molecule has 0 aromatic rings. The van der Waals surface area contributed by atoms with Gasteiger partial charge in [0.1, 0.15) is 13.2 Å². The zero-order valence-corrected chi connectivity index (χ0v) is 45.1. The van der Waals surface area contributed by atoms with E-state index in [-0.39, 0.29) is 31.1 Å². The standard InChI is InChI=1S/C62H110O6/c1-4-7-10-13-16-19-22-25-27-29-31-33-34-37-40-43-46-49-52-55-61(64)67-58-59(57-66-60(63)54-51-48-45-42-39-36-24-21-18-15-12-9-6-3)68-62(65)56-53-50-47-44-41-38-35-32-30-28-26-23-20-17-14-11-8-5-2/h9,12,15,18,21,24,28,30,32,35,59H,4-8,10-11,13-14,16-17,19-20,22-23,25-27,29,31,33-34,36-58H2,1-3H3/b12-9-,18-15-,24-21-,30-28-,35-32-. The number of esters is 3. The molecular formula is C62H110O6. The van der Waals surface area contributed by atoms with Gasteiger partial charge in [0, 0.05) is 19.3 Å². The predicted octanol–water partition coefficient (Wildman–Crippen LogP) is 19.6. The lowest BCUT2D eigenvalue weighted by Gasteiger charge is -2.18. The van der Waals surface area contributed by atoms with Crippen LogP contribution < -0.4 is 0 Å². The second-order valence-electron chi connectivity index (χ2n) is 19.6. The van der Waals surface area contributed by atoms with Gasteiger partial charge in [-0.1, -0.05) is 274 Å². The number of rotatable bonds is 53. The van der Waals surface area contributed by atoms with Crippen LogP contribution >= 0.6 is 0 Å². The van der Waals surface area contributed by atoms with Gasteiger partial charge in [-0.2, -0.15) is 0 Å². The van der Waals surface area contributed by atoms with Crippen LogP contribution in [-0.4, -0.2) is 37.2 Å². The van der Waals surface area contributed by atoms with Gasteiger partial charge in [-0.15, -0.1) is 0 Å². The summed E-state index contributed by atoms with van der Waals surface area (Å²) in [6.07, 6.45) is 70.7. The molecule has 6 nitrogen and oxygen atoms in total. The molecule has 1 atom stereocenters. The Balaban J connectivity index is 4.37. The van der Waals surface area contributed by atoms with Crippen molar-refractivity contribution in [1.82, 2.24) is 0 Å². The highest BCUT2D eigenvalue weighted by molar-refractivity contribution is 5.71. The maximum atomic E-state index is 12.9. The van der Waals surface area contributed by atoms with E-state index >= 15 is 0 Å². The van der Waals surface area contributed by atoms with E-state index in [9.17, 15) is 14.4 Å². The molecule has 0 saturated heterocycles. The van der Waals surface area contributed by atoms with E-state index in [1.54, 1.807) is 0 Å². The maximum Gasteiger partial charge on any atom is 0.306 e. The van der Waals surface area contributed by atoms with E-state index in [0.717, 1.165) is 103 Å². The zero-order chi connectivity index (χ0) is 49.3. The summed E-state index contributed by atoms with van der Waals surface area (Å²) in [4.78, 5) is 38.2. The molecule has 0 aromatic heterocycles. The summed E-state index contributed by atoms with van der Waals surface area (Å²) in [5.74, 6) is -0.909. The van der Waals surface area contributed by atoms with Gasteiger partial charge in [0.2, 0.25) is 0 Å². The third kappa shape index (κ3) is 54.1. The van der Waals surface area contributed by atoms with E-state index in [4.69, 9.17) is 14.2 Å². The number of carbonyl (C=O) groups excluding carboxylic acids is 3. The van der Waals surface area contributed by atoms with E-state index in [1.807, 2.05) is 0 Å². The number of hydrogen-bond donors (Lipinski definition) is 0. The molecule has 1 unspecified atom stereocenters. The lowest BCUT2D eigenvalue weighted by atomic mass is 10.0. The van der Waals surface area contributed by atoms with Crippen LogP contribution in [0.5, 0.6) is 0 Å². The highest BCUT2D eigenvalue weighted by atomic mass is 16.6. The summed E-state index contributed by atoms with van der Waals surface area (Å²) in [5.41, 5.74) is 0. The summed E-state index contributed by atoms with van der Waals surface area (Å²) in [7, 11) is 0. The van der Waals surface area contributed by atoms with Crippen molar-refractivity contribution >= 4 is 17.9 Å². The summed E-state index contributed by atoms with van der Waals surface area (Å²) in [6.45, 7) is 6.51. The summed E-state index contributed by atoms with van der Waals surface area (Å²) in [5, 5.41) is 0. The fourth-order valence-corrected chi connectivity index (χ4v) is 8.44. The molecule has 0 spiro atoms. The van der Waals surface area contributed by atoms with E-state index < -0.39 is 6.10 Å². The molecule has 68 heavy (non-hydrogen) atoms. The molecule has 0 saturated carbocycles. The molecule has 0 aliphatic carbocycles.